The molecule has 108 valence electrons. The van der Waals surface area contributed by atoms with Gasteiger partial charge in [0.25, 0.3) is 0 Å². The minimum atomic E-state index is -2.69. The maximum absolute atomic E-state index is 13.7. The van der Waals surface area contributed by atoms with E-state index in [-0.39, 0.29) is 18.2 Å². The molecule has 0 unspecified atom stereocenters. The summed E-state index contributed by atoms with van der Waals surface area (Å²) in [6.07, 6.45) is 2.41. The summed E-state index contributed by atoms with van der Waals surface area (Å²) in [5, 5.41) is 0. The molecule has 0 radical (unpaired) electrons. The van der Waals surface area contributed by atoms with Gasteiger partial charge in [-0.2, -0.15) is 8.78 Å². The van der Waals surface area contributed by atoms with Crippen LogP contribution in [-0.4, -0.2) is 9.55 Å². The average Bonchev–Trinajstić information content (AvgIpc) is 2.84. The van der Waals surface area contributed by atoms with E-state index in [2.05, 4.69) is 4.98 Å². The van der Waals surface area contributed by atoms with E-state index in [0.29, 0.717) is 10.1 Å². The van der Waals surface area contributed by atoms with Gasteiger partial charge in [0.15, 0.2) is 5.82 Å². The van der Waals surface area contributed by atoms with Gasteiger partial charge >= 0.3 is 6.55 Å². The van der Waals surface area contributed by atoms with Crippen LogP contribution in [0.2, 0.25) is 0 Å². The summed E-state index contributed by atoms with van der Waals surface area (Å²) < 4.78 is 44.8. The van der Waals surface area contributed by atoms with Crippen LogP contribution >= 0.6 is 0 Å². The highest BCUT2D eigenvalue weighted by Crippen LogP contribution is 2.21. The van der Waals surface area contributed by atoms with Crippen LogP contribution in [0.25, 0.3) is 0 Å². The summed E-state index contributed by atoms with van der Waals surface area (Å²) in [6.45, 7) is -1.19. The molecule has 7 heteroatoms. The lowest BCUT2D eigenvalue weighted by Crippen LogP contribution is -2.09. The van der Waals surface area contributed by atoms with Crippen LogP contribution in [0.15, 0.2) is 30.6 Å². The number of rotatable bonds is 5. The van der Waals surface area contributed by atoms with Crippen molar-refractivity contribution in [3.05, 3.63) is 47.8 Å². The summed E-state index contributed by atoms with van der Waals surface area (Å²) in [4.78, 5) is 3.76. The molecule has 0 aliphatic rings. The number of hydrogen-bond donors (Lipinski definition) is 1. The van der Waals surface area contributed by atoms with Crippen molar-refractivity contribution in [1.82, 2.24) is 9.55 Å². The number of hydrogen-bond acceptors (Lipinski definition) is 3. The van der Waals surface area contributed by atoms with E-state index in [9.17, 15) is 13.2 Å². The molecule has 4 nitrogen and oxygen atoms in total. The Morgan fingerprint density at radius 3 is 2.75 bits per heavy atom. The van der Waals surface area contributed by atoms with Gasteiger partial charge in [0, 0.05) is 30.1 Å². The third-order valence-electron chi connectivity index (χ3n) is 2.79. The van der Waals surface area contributed by atoms with Gasteiger partial charge in [-0.3, -0.25) is 4.57 Å². The molecule has 0 amide bonds. The van der Waals surface area contributed by atoms with Gasteiger partial charge in [0.1, 0.15) is 18.2 Å². The second kappa shape index (κ2) is 5.96. The number of halogens is 3. The van der Waals surface area contributed by atoms with Crippen LogP contribution in [0, 0.1) is 5.82 Å². The van der Waals surface area contributed by atoms with E-state index in [1.54, 1.807) is 6.92 Å². The predicted octanol–water partition coefficient (Wildman–Crippen LogP) is 3.02. The van der Waals surface area contributed by atoms with Crippen LogP contribution in [-0.2, 0) is 6.61 Å². The van der Waals surface area contributed by atoms with Crippen molar-refractivity contribution in [1.29, 1.82) is 0 Å². The molecule has 20 heavy (non-hydrogen) atoms. The second-order valence-electron chi connectivity index (χ2n) is 4.29. The number of aromatic nitrogens is 2. The van der Waals surface area contributed by atoms with Gasteiger partial charge < -0.3 is 10.5 Å². The van der Waals surface area contributed by atoms with Crippen molar-refractivity contribution >= 4 is 0 Å². The Kier molecular flexibility index (Phi) is 4.29. The number of nitrogens with zero attached hydrogens (tertiary/aromatic N) is 2. The molecule has 0 aliphatic heterocycles. The standard InChI is InChI=1S/C13H14F3N3O/c1-8(17)10-3-2-9(6-11(10)14)20-7-12-18-4-5-19(12)13(15)16/h2-6,8,13H,7,17H2,1H3/t8-/m0/s1. The minimum absolute atomic E-state index is 0.0664. The lowest BCUT2D eigenvalue weighted by atomic mass is 10.1. The Morgan fingerprint density at radius 2 is 2.15 bits per heavy atom. The lowest BCUT2D eigenvalue weighted by molar-refractivity contribution is 0.0632. The minimum Gasteiger partial charge on any atom is -0.486 e. The topological polar surface area (TPSA) is 53.1 Å². The highest BCUT2D eigenvalue weighted by atomic mass is 19.3. The average molecular weight is 285 g/mol. The van der Waals surface area contributed by atoms with Gasteiger partial charge in [-0.15, -0.1) is 0 Å². The van der Waals surface area contributed by atoms with Gasteiger partial charge in [-0.05, 0) is 13.0 Å². The first kappa shape index (κ1) is 14.4. The Labute approximate surface area is 114 Å². The molecule has 0 spiro atoms. The third kappa shape index (κ3) is 3.11. The largest absolute Gasteiger partial charge is 0.486 e. The fraction of sp³-hybridized carbons (Fsp3) is 0.308. The zero-order chi connectivity index (χ0) is 14.7. The van der Waals surface area contributed by atoms with E-state index >= 15 is 0 Å². The van der Waals surface area contributed by atoms with E-state index < -0.39 is 18.4 Å². The summed E-state index contributed by atoms with van der Waals surface area (Å²) in [5.41, 5.74) is 5.96. The molecule has 0 saturated carbocycles. The third-order valence-corrected chi connectivity index (χ3v) is 2.79. The molecule has 1 aromatic heterocycles. The van der Waals surface area contributed by atoms with Crippen LogP contribution < -0.4 is 10.5 Å². The number of imidazole rings is 1. The first-order valence-electron chi connectivity index (χ1n) is 5.96. The van der Waals surface area contributed by atoms with Gasteiger partial charge in [-0.1, -0.05) is 6.07 Å². The van der Waals surface area contributed by atoms with E-state index in [0.717, 1.165) is 6.20 Å². The zero-order valence-electron chi connectivity index (χ0n) is 10.8. The van der Waals surface area contributed by atoms with Crippen molar-refractivity contribution in [3.63, 3.8) is 0 Å². The van der Waals surface area contributed by atoms with E-state index in [1.807, 2.05) is 0 Å². The fourth-order valence-electron chi connectivity index (χ4n) is 1.75. The molecule has 1 aromatic carbocycles. The lowest BCUT2D eigenvalue weighted by Gasteiger charge is -2.11. The molecule has 2 N–H and O–H groups in total. The van der Waals surface area contributed by atoms with Crippen molar-refractivity contribution in [2.45, 2.75) is 26.1 Å². The quantitative estimate of drug-likeness (QED) is 0.918. The summed E-state index contributed by atoms with van der Waals surface area (Å²) in [7, 11) is 0. The van der Waals surface area contributed by atoms with Crippen LogP contribution in [0.1, 0.15) is 30.9 Å². The summed E-state index contributed by atoms with van der Waals surface area (Å²) >= 11 is 0. The van der Waals surface area contributed by atoms with Crippen LogP contribution in [0.5, 0.6) is 5.75 Å². The van der Waals surface area contributed by atoms with Gasteiger partial charge in [0.05, 0.1) is 0 Å². The Bertz CT molecular complexity index is 584. The molecule has 0 bridgehead atoms. The summed E-state index contributed by atoms with van der Waals surface area (Å²) in [5.74, 6) is -0.193. The smallest absolute Gasteiger partial charge is 0.320 e. The maximum atomic E-state index is 13.7. The Balaban J connectivity index is 2.08. The molecule has 1 heterocycles. The molecule has 0 saturated heterocycles. The Morgan fingerprint density at radius 1 is 1.40 bits per heavy atom. The zero-order valence-corrected chi connectivity index (χ0v) is 10.8. The number of ether oxygens (including phenoxy) is 1. The van der Waals surface area contributed by atoms with Crippen molar-refractivity contribution in [2.75, 3.05) is 0 Å². The normalized spacial score (nSPS) is 12.7. The first-order valence-corrected chi connectivity index (χ1v) is 5.96. The molecule has 2 aromatic rings. The molecule has 0 aliphatic carbocycles. The monoisotopic (exact) mass is 285 g/mol. The Hall–Kier alpha value is -2.02. The number of benzene rings is 1. The van der Waals surface area contributed by atoms with E-state index in [1.165, 1.54) is 24.4 Å². The fourth-order valence-corrected chi connectivity index (χ4v) is 1.75. The van der Waals surface area contributed by atoms with Crippen LogP contribution in [0.4, 0.5) is 13.2 Å². The highest BCUT2D eigenvalue weighted by molar-refractivity contribution is 5.30. The number of nitrogens with two attached hydrogens (primary N) is 1. The van der Waals surface area contributed by atoms with Crippen molar-refractivity contribution < 1.29 is 17.9 Å². The predicted molar refractivity (Wildman–Crippen MR) is 66.8 cm³/mol. The molecular weight excluding hydrogens is 271 g/mol. The molecule has 0 fully saturated rings. The first-order chi connectivity index (χ1) is 9.49. The van der Waals surface area contributed by atoms with Crippen molar-refractivity contribution in [2.24, 2.45) is 5.73 Å². The van der Waals surface area contributed by atoms with Gasteiger partial charge in [-0.25, -0.2) is 9.37 Å². The highest BCUT2D eigenvalue weighted by Gasteiger charge is 2.12. The molecular formula is C13H14F3N3O. The van der Waals surface area contributed by atoms with Crippen molar-refractivity contribution in [3.8, 4) is 5.75 Å². The molecule has 2 rings (SSSR count). The van der Waals surface area contributed by atoms with E-state index in [4.69, 9.17) is 10.5 Å². The van der Waals surface area contributed by atoms with Crippen LogP contribution in [0.3, 0.4) is 0 Å². The second-order valence-corrected chi connectivity index (χ2v) is 4.29. The summed E-state index contributed by atoms with van der Waals surface area (Å²) in [6, 6.07) is 3.79. The number of alkyl halides is 2. The van der Waals surface area contributed by atoms with Gasteiger partial charge in [0.2, 0.25) is 0 Å². The maximum Gasteiger partial charge on any atom is 0.320 e. The molecule has 1 atom stereocenters. The SMILES string of the molecule is C[C@H](N)c1ccc(OCc2nccn2C(F)F)cc1F.